The molecule has 1 fully saturated rings. The van der Waals surface area contributed by atoms with Gasteiger partial charge in [-0.05, 0) is 47.0 Å². The van der Waals surface area contributed by atoms with Gasteiger partial charge < -0.3 is 15.1 Å². The molecule has 0 bridgehead atoms. The lowest BCUT2D eigenvalue weighted by Gasteiger charge is -2.38. The lowest BCUT2D eigenvalue weighted by Crippen LogP contribution is -2.45. The molecule has 4 heteroatoms. The zero-order valence-corrected chi connectivity index (χ0v) is 12.6. The topological polar surface area (TPSA) is 31.4 Å². The largest absolute Gasteiger partial charge is 0.355 e. The molecule has 0 saturated carbocycles. The smallest absolute Gasteiger partial charge is 0.133 e. The number of aromatic nitrogens is 1. The molecule has 1 aromatic rings. The Kier molecular flexibility index (Phi) is 4.77. The van der Waals surface area contributed by atoms with Crippen molar-refractivity contribution in [2.24, 2.45) is 0 Å². The molecule has 0 radical (unpaired) electrons. The summed E-state index contributed by atoms with van der Waals surface area (Å²) < 4.78 is 0. The summed E-state index contributed by atoms with van der Waals surface area (Å²) in [4.78, 5) is 9.40. The first-order chi connectivity index (χ1) is 9.13. The third-order valence-electron chi connectivity index (χ3n) is 4.14. The maximum absolute atomic E-state index is 4.63. The van der Waals surface area contributed by atoms with Crippen LogP contribution in [0.4, 0.5) is 5.82 Å². The van der Waals surface area contributed by atoms with E-state index in [0.717, 1.165) is 18.9 Å². The third kappa shape index (κ3) is 3.25. The minimum absolute atomic E-state index is 0.337. The van der Waals surface area contributed by atoms with Crippen molar-refractivity contribution in [3.63, 3.8) is 0 Å². The molecule has 106 valence electrons. The van der Waals surface area contributed by atoms with Crippen molar-refractivity contribution in [2.75, 3.05) is 39.1 Å². The van der Waals surface area contributed by atoms with Gasteiger partial charge in [-0.2, -0.15) is 0 Å². The fourth-order valence-electron chi connectivity index (χ4n) is 2.74. The Morgan fingerprint density at radius 2 is 2.26 bits per heavy atom. The summed E-state index contributed by atoms with van der Waals surface area (Å²) in [6.07, 6.45) is 4.43. The summed E-state index contributed by atoms with van der Waals surface area (Å²) >= 11 is 0. The average Bonchev–Trinajstić information content (AvgIpc) is 2.46. The maximum atomic E-state index is 4.63. The monoisotopic (exact) mass is 262 g/mol. The van der Waals surface area contributed by atoms with Crippen LogP contribution in [0.3, 0.4) is 0 Å². The van der Waals surface area contributed by atoms with Crippen LogP contribution in [0.15, 0.2) is 18.3 Å². The number of piperidine rings is 1. The molecule has 2 heterocycles. The highest BCUT2D eigenvalue weighted by molar-refractivity contribution is 5.48. The Labute approximate surface area is 116 Å². The van der Waals surface area contributed by atoms with E-state index in [1.807, 2.05) is 19.3 Å². The summed E-state index contributed by atoms with van der Waals surface area (Å²) in [6, 6.07) is 5.18. The van der Waals surface area contributed by atoms with Crippen molar-refractivity contribution in [1.82, 2.24) is 15.2 Å². The van der Waals surface area contributed by atoms with E-state index in [9.17, 15) is 0 Å². The van der Waals surface area contributed by atoms with E-state index in [1.54, 1.807) is 0 Å². The van der Waals surface area contributed by atoms with E-state index in [1.165, 1.54) is 18.4 Å². The van der Waals surface area contributed by atoms with Gasteiger partial charge >= 0.3 is 0 Å². The van der Waals surface area contributed by atoms with Gasteiger partial charge in [0.15, 0.2) is 0 Å². The summed E-state index contributed by atoms with van der Waals surface area (Å²) in [6.45, 7) is 4.38. The molecule has 1 aliphatic heterocycles. The van der Waals surface area contributed by atoms with Crippen molar-refractivity contribution in [2.45, 2.75) is 31.8 Å². The normalized spacial score (nSPS) is 21.7. The van der Waals surface area contributed by atoms with E-state index < -0.39 is 0 Å². The van der Waals surface area contributed by atoms with Crippen LogP contribution in [0.25, 0.3) is 0 Å². The summed E-state index contributed by atoms with van der Waals surface area (Å²) in [7, 11) is 6.34. The predicted molar refractivity (Wildman–Crippen MR) is 80.6 cm³/mol. The van der Waals surface area contributed by atoms with Crippen molar-refractivity contribution in [1.29, 1.82) is 0 Å². The van der Waals surface area contributed by atoms with E-state index in [4.69, 9.17) is 0 Å². The standard InChI is InChI=1S/C15H26N4/c1-12(16-2)14-8-5-9-17-15(14)19-10-6-7-13(11-19)18(3)4/h5,8-9,12-13,16H,6-7,10-11H2,1-4H3. The van der Waals surface area contributed by atoms with Gasteiger partial charge in [0.2, 0.25) is 0 Å². The number of anilines is 1. The Balaban J connectivity index is 2.21. The Morgan fingerprint density at radius 3 is 2.95 bits per heavy atom. The van der Waals surface area contributed by atoms with Crippen molar-refractivity contribution in [3.05, 3.63) is 23.9 Å². The van der Waals surface area contributed by atoms with Gasteiger partial charge in [0.25, 0.3) is 0 Å². The second-order valence-electron chi connectivity index (χ2n) is 5.63. The third-order valence-corrected chi connectivity index (χ3v) is 4.14. The van der Waals surface area contributed by atoms with Gasteiger partial charge in [-0.25, -0.2) is 4.98 Å². The number of likely N-dealkylation sites (N-methyl/N-ethyl adjacent to an activating group) is 1. The SMILES string of the molecule is CNC(C)c1cccnc1N1CCCC(N(C)C)C1. The van der Waals surface area contributed by atoms with E-state index >= 15 is 0 Å². The quantitative estimate of drug-likeness (QED) is 0.898. The van der Waals surface area contributed by atoms with Crippen molar-refractivity contribution < 1.29 is 0 Å². The molecule has 1 aliphatic rings. The van der Waals surface area contributed by atoms with Crippen LogP contribution in [0.5, 0.6) is 0 Å². The van der Waals surface area contributed by atoms with Crippen LogP contribution in [0.1, 0.15) is 31.4 Å². The van der Waals surface area contributed by atoms with Crippen molar-refractivity contribution >= 4 is 5.82 Å². The first kappa shape index (κ1) is 14.3. The first-order valence-corrected chi connectivity index (χ1v) is 7.17. The van der Waals surface area contributed by atoms with Crippen LogP contribution < -0.4 is 10.2 Å². The molecule has 19 heavy (non-hydrogen) atoms. The summed E-state index contributed by atoms with van der Waals surface area (Å²) in [5.41, 5.74) is 1.30. The zero-order valence-electron chi connectivity index (χ0n) is 12.6. The van der Waals surface area contributed by atoms with Crippen molar-refractivity contribution in [3.8, 4) is 0 Å². The van der Waals surface area contributed by atoms with Crippen LogP contribution in [0, 0.1) is 0 Å². The molecule has 1 saturated heterocycles. The number of pyridine rings is 1. The van der Waals surface area contributed by atoms with Gasteiger partial charge in [-0.3, -0.25) is 0 Å². The second-order valence-corrected chi connectivity index (χ2v) is 5.63. The maximum Gasteiger partial charge on any atom is 0.133 e. The van der Waals surface area contributed by atoms with Crippen LogP contribution in [-0.4, -0.2) is 50.2 Å². The number of hydrogen-bond acceptors (Lipinski definition) is 4. The minimum atomic E-state index is 0.337. The average molecular weight is 262 g/mol. The second kappa shape index (κ2) is 6.35. The molecule has 0 aromatic carbocycles. The van der Waals surface area contributed by atoms with Crippen LogP contribution in [-0.2, 0) is 0 Å². The molecule has 0 amide bonds. The highest BCUT2D eigenvalue weighted by Crippen LogP contribution is 2.26. The Bertz CT molecular complexity index is 405. The zero-order chi connectivity index (χ0) is 13.8. The fourth-order valence-corrected chi connectivity index (χ4v) is 2.74. The summed E-state index contributed by atoms with van der Waals surface area (Å²) in [5.74, 6) is 1.15. The van der Waals surface area contributed by atoms with E-state index in [0.29, 0.717) is 12.1 Å². The minimum Gasteiger partial charge on any atom is -0.355 e. The van der Waals surface area contributed by atoms with Gasteiger partial charge in [-0.15, -0.1) is 0 Å². The molecular formula is C15H26N4. The van der Waals surface area contributed by atoms with Gasteiger partial charge in [0.05, 0.1) is 0 Å². The molecule has 2 unspecified atom stereocenters. The number of hydrogen-bond donors (Lipinski definition) is 1. The molecule has 1 aromatic heterocycles. The molecule has 2 atom stereocenters. The van der Waals surface area contributed by atoms with Gasteiger partial charge in [-0.1, -0.05) is 6.07 Å². The predicted octanol–water partition coefficient (Wildman–Crippen LogP) is 1.89. The Hall–Kier alpha value is -1.13. The van der Waals surface area contributed by atoms with Crippen LogP contribution in [0.2, 0.25) is 0 Å². The lowest BCUT2D eigenvalue weighted by atomic mass is 10.0. The number of nitrogens with zero attached hydrogens (tertiary/aromatic N) is 3. The highest BCUT2D eigenvalue weighted by atomic mass is 15.2. The lowest BCUT2D eigenvalue weighted by molar-refractivity contribution is 0.257. The fraction of sp³-hybridized carbons (Fsp3) is 0.667. The van der Waals surface area contributed by atoms with Gasteiger partial charge in [0.1, 0.15) is 5.82 Å². The highest BCUT2D eigenvalue weighted by Gasteiger charge is 2.24. The van der Waals surface area contributed by atoms with E-state index in [-0.39, 0.29) is 0 Å². The molecule has 4 nitrogen and oxygen atoms in total. The number of nitrogens with one attached hydrogen (secondary N) is 1. The molecule has 2 rings (SSSR count). The molecule has 1 N–H and O–H groups in total. The van der Waals surface area contributed by atoms with Crippen LogP contribution >= 0.6 is 0 Å². The molecule has 0 aliphatic carbocycles. The van der Waals surface area contributed by atoms with E-state index in [2.05, 4.69) is 47.2 Å². The molecule has 0 spiro atoms. The first-order valence-electron chi connectivity index (χ1n) is 7.17. The number of rotatable bonds is 4. The molecular weight excluding hydrogens is 236 g/mol. The van der Waals surface area contributed by atoms with Gasteiger partial charge in [0, 0.05) is 36.9 Å². The Morgan fingerprint density at radius 1 is 1.47 bits per heavy atom. The summed E-state index contributed by atoms with van der Waals surface area (Å²) in [5, 5.41) is 3.32.